The predicted octanol–water partition coefficient (Wildman–Crippen LogP) is 2.21. The number of rotatable bonds is 2. The van der Waals surface area contributed by atoms with Crippen LogP contribution in [0.2, 0.25) is 0 Å². The average molecular weight is 300 g/mol. The number of thiophene rings is 1. The molecule has 0 fully saturated rings. The van der Waals surface area contributed by atoms with E-state index in [9.17, 15) is 0 Å². The Kier molecular flexibility index (Phi) is 2.94. The van der Waals surface area contributed by atoms with E-state index in [-0.39, 0.29) is 0 Å². The lowest BCUT2D eigenvalue weighted by atomic mass is 10.1. The molecule has 0 saturated carbocycles. The van der Waals surface area contributed by atoms with Crippen LogP contribution in [0.4, 0.5) is 0 Å². The highest BCUT2D eigenvalue weighted by atomic mass is 32.1. The van der Waals surface area contributed by atoms with Crippen molar-refractivity contribution >= 4 is 21.6 Å². The quantitative estimate of drug-likeness (QED) is 0.789. The number of nitrogens with one attached hydrogen (secondary N) is 1. The van der Waals surface area contributed by atoms with Gasteiger partial charge in [0, 0.05) is 18.0 Å². The number of aromatic nitrogens is 2. The first-order valence-corrected chi connectivity index (χ1v) is 7.79. The maximum Gasteiger partial charge on any atom is 0.137 e. The molecule has 1 aliphatic heterocycles. The second-order valence-electron chi connectivity index (χ2n) is 5.47. The number of nitrogens with zero attached hydrogens (tertiary/aromatic N) is 3. The normalized spacial score (nSPS) is 15.5. The molecule has 108 valence electrons. The molecule has 4 rings (SSSR count). The molecule has 5 nitrogen and oxygen atoms in total. The lowest BCUT2D eigenvalue weighted by Crippen LogP contribution is -2.27. The van der Waals surface area contributed by atoms with Crippen molar-refractivity contribution in [1.82, 2.24) is 14.5 Å². The first kappa shape index (κ1) is 12.8. The molecule has 0 amide bonds. The molecule has 0 unspecified atom stereocenters. The van der Waals surface area contributed by atoms with E-state index in [2.05, 4.69) is 16.9 Å². The van der Waals surface area contributed by atoms with Crippen LogP contribution in [0.15, 0.2) is 29.1 Å². The second kappa shape index (κ2) is 4.82. The third kappa shape index (κ3) is 2.11. The van der Waals surface area contributed by atoms with Crippen LogP contribution >= 0.6 is 11.3 Å². The minimum Gasteiger partial charge on any atom is -0.467 e. The van der Waals surface area contributed by atoms with E-state index in [1.165, 1.54) is 10.4 Å². The summed E-state index contributed by atoms with van der Waals surface area (Å²) in [7, 11) is 2.14. The highest BCUT2D eigenvalue weighted by molar-refractivity contribution is 7.18. The molecule has 0 spiro atoms. The van der Waals surface area contributed by atoms with Gasteiger partial charge in [-0.3, -0.25) is 5.41 Å². The number of likely N-dealkylation sites (N-methyl/N-ethyl adjacent to an activating group) is 1. The Balaban J connectivity index is 1.85. The Morgan fingerprint density at radius 3 is 3.19 bits per heavy atom. The zero-order valence-corrected chi connectivity index (χ0v) is 12.6. The molecular formula is C15H16N4OS. The van der Waals surface area contributed by atoms with Crippen molar-refractivity contribution in [2.75, 3.05) is 13.6 Å². The van der Waals surface area contributed by atoms with E-state index in [4.69, 9.17) is 9.83 Å². The van der Waals surface area contributed by atoms with Gasteiger partial charge in [0.1, 0.15) is 16.1 Å². The Morgan fingerprint density at radius 2 is 2.38 bits per heavy atom. The Labute approximate surface area is 126 Å². The van der Waals surface area contributed by atoms with Crippen molar-refractivity contribution in [2.45, 2.75) is 19.5 Å². The van der Waals surface area contributed by atoms with Crippen molar-refractivity contribution in [3.05, 3.63) is 46.4 Å². The summed E-state index contributed by atoms with van der Waals surface area (Å²) in [5.74, 6) is 0.846. The number of hydrogen-bond acceptors (Lipinski definition) is 5. The van der Waals surface area contributed by atoms with E-state index in [0.717, 1.165) is 35.5 Å². The van der Waals surface area contributed by atoms with Gasteiger partial charge in [-0.1, -0.05) is 0 Å². The first-order valence-electron chi connectivity index (χ1n) is 6.97. The fourth-order valence-electron chi connectivity index (χ4n) is 2.87. The van der Waals surface area contributed by atoms with Gasteiger partial charge in [-0.05, 0) is 31.2 Å². The fourth-order valence-corrected chi connectivity index (χ4v) is 4.13. The van der Waals surface area contributed by atoms with Crippen molar-refractivity contribution in [3.8, 4) is 0 Å². The molecule has 0 saturated heterocycles. The van der Waals surface area contributed by atoms with Gasteiger partial charge in [0.2, 0.25) is 0 Å². The van der Waals surface area contributed by atoms with E-state index in [1.54, 1.807) is 23.9 Å². The molecule has 3 aromatic heterocycles. The molecule has 0 aromatic carbocycles. The summed E-state index contributed by atoms with van der Waals surface area (Å²) in [6.45, 7) is 2.57. The van der Waals surface area contributed by atoms with Crippen LogP contribution in [0.5, 0.6) is 0 Å². The van der Waals surface area contributed by atoms with Gasteiger partial charge in [0.25, 0.3) is 0 Å². The van der Waals surface area contributed by atoms with Crippen LogP contribution in [0, 0.1) is 5.41 Å². The second-order valence-corrected chi connectivity index (χ2v) is 6.56. The maximum absolute atomic E-state index is 8.52. The molecule has 6 heteroatoms. The van der Waals surface area contributed by atoms with E-state index < -0.39 is 0 Å². The molecule has 0 bridgehead atoms. The highest BCUT2D eigenvalue weighted by Gasteiger charge is 2.21. The van der Waals surface area contributed by atoms with Gasteiger partial charge >= 0.3 is 0 Å². The summed E-state index contributed by atoms with van der Waals surface area (Å²) < 4.78 is 7.23. The third-order valence-corrected chi connectivity index (χ3v) is 5.10. The Morgan fingerprint density at radius 1 is 1.48 bits per heavy atom. The van der Waals surface area contributed by atoms with E-state index in [1.807, 2.05) is 16.7 Å². The monoisotopic (exact) mass is 300 g/mol. The topological polar surface area (TPSA) is 58.1 Å². The van der Waals surface area contributed by atoms with Crippen LogP contribution in [0.3, 0.4) is 0 Å². The predicted molar refractivity (Wildman–Crippen MR) is 81.3 cm³/mol. The summed E-state index contributed by atoms with van der Waals surface area (Å²) >= 11 is 1.72. The van der Waals surface area contributed by atoms with Crippen LogP contribution in [0.25, 0.3) is 10.2 Å². The standard InChI is InChI=1S/C15H16N4OS/c1-18-5-4-11-12(8-18)21-15-13(11)14(16)19(9-17-15)7-10-3-2-6-20-10/h2-3,6,9,16H,4-5,7-8H2,1H3. The summed E-state index contributed by atoms with van der Waals surface area (Å²) in [4.78, 5) is 9.21. The summed E-state index contributed by atoms with van der Waals surface area (Å²) in [5, 5.41) is 9.55. The Hall–Kier alpha value is -1.92. The van der Waals surface area contributed by atoms with Crippen LogP contribution in [-0.2, 0) is 19.5 Å². The minimum atomic E-state index is 0.540. The molecule has 1 aliphatic rings. The van der Waals surface area contributed by atoms with Crippen molar-refractivity contribution < 1.29 is 4.42 Å². The lowest BCUT2D eigenvalue weighted by molar-refractivity contribution is 0.318. The highest BCUT2D eigenvalue weighted by Crippen LogP contribution is 2.31. The first-order chi connectivity index (χ1) is 10.2. The van der Waals surface area contributed by atoms with Gasteiger partial charge in [-0.2, -0.15) is 0 Å². The zero-order valence-electron chi connectivity index (χ0n) is 11.8. The molecule has 0 aliphatic carbocycles. The minimum absolute atomic E-state index is 0.540. The summed E-state index contributed by atoms with van der Waals surface area (Å²) in [6.07, 6.45) is 4.41. The molecule has 4 heterocycles. The van der Waals surface area contributed by atoms with Crippen molar-refractivity contribution in [3.63, 3.8) is 0 Å². The third-order valence-electron chi connectivity index (χ3n) is 3.97. The zero-order chi connectivity index (χ0) is 14.4. The smallest absolute Gasteiger partial charge is 0.137 e. The number of furan rings is 1. The summed E-state index contributed by atoms with van der Waals surface area (Å²) in [5.41, 5.74) is 1.86. The van der Waals surface area contributed by atoms with Crippen LogP contribution in [-0.4, -0.2) is 28.0 Å². The van der Waals surface area contributed by atoms with Gasteiger partial charge in [0.05, 0.1) is 24.5 Å². The molecule has 0 atom stereocenters. The molecule has 21 heavy (non-hydrogen) atoms. The van der Waals surface area contributed by atoms with Gasteiger partial charge in [-0.25, -0.2) is 4.98 Å². The fraction of sp³-hybridized carbons (Fsp3) is 0.333. The van der Waals surface area contributed by atoms with Gasteiger partial charge in [-0.15, -0.1) is 11.3 Å². The summed E-state index contributed by atoms with van der Waals surface area (Å²) in [6, 6.07) is 3.79. The molecular weight excluding hydrogens is 284 g/mol. The van der Waals surface area contributed by atoms with Crippen molar-refractivity contribution in [2.24, 2.45) is 0 Å². The van der Waals surface area contributed by atoms with E-state index >= 15 is 0 Å². The van der Waals surface area contributed by atoms with Crippen LogP contribution < -0.4 is 5.49 Å². The van der Waals surface area contributed by atoms with Crippen LogP contribution in [0.1, 0.15) is 16.2 Å². The lowest BCUT2D eigenvalue weighted by Gasteiger charge is -2.21. The average Bonchev–Trinajstić information content (AvgIpc) is 3.08. The maximum atomic E-state index is 8.52. The number of fused-ring (bicyclic) bond motifs is 3. The van der Waals surface area contributed by atoms with Gasteiger partial charge in [0.15, 0.2) is 0 Å². The van der Waals surface area contributed by atoms with Crippen molar-refractivity contribution in [1.29, 1.82) is 5.41 Å². The molecule has 3 aromatic rings. The number of hydrogen-bond donors (Lipinski definition) is 1. The molecule has 0 radical (unpaired) electrons. The molecule has 1 N–H and O–H groups in total. The Bertz CT molecular complexity index is 847. The van der Waals surface area contributed by atoms with E-state index in [0.29, 0.717) is 12.0 Å². The van der Waals surface area contributed by atoms with Gasteiger partial charge < -0.3 is 13.9 Å². The SMILES string of the molecule is CN1CCc2c(sc3ncn(Cc4ccco4)c(=N)c23)C1. The largest absolute Gasteiger partial charge is 0.467 e.